The molecule has 16 heteroatoms. The molecule has 3 aliphatic rings. The Bertz CT molecular complexity index is 2230. The summed E-state index contributed by atoms with van der Waals surface area (Å²) in [7, 11) is -4.42. The van der Waals surface area contributed by atoms with Gasteiger partial charge in [0, 0.05) is 49.2 Å². The zero-order valence-electron chi connectivity index (χ0n) is 29.2. The number of carbonyl (C=O) groups excluding carboxylic acids is 2. The van der Waals surface area contributed by atoms with E-state index < -0.39 is 54.8 Å². The molecule has 0 bridgehead atoms. The zero-order chi connectivity index (χ0) is 37.1. The van der Waals surface area contributed by atoms with Crippen LogP contribution in [0.1, 0.15) is 18.4 Å². The molecule has 3 aliphatic heterocycles. The van der Waals surface area contributed by atoms with Gasteiger partial charge in [-0.05, 0) is 61.9 Å². The number of hydrogen-bond acceptors (Lipinski definition) is 9. The van der Waals surface area contributed by atoms with Crippen LogP contribution >= 0.6 is 11.6 Å². The van der Waals surface area contributed by atoms with Crippen LogP contribution in [-0.4, -0.2) is 128 Å². The van der Waals surface area contributed by atoms with Gasteiger partial charge in [0.15, 0.2) is 5.03 Å². The van der Waals surface area contributed by atoms with Gasteiger partial charge in [0.05, 0.1) is 37.2 Å². The topological polar surface area (TPSA) is 133 Å². The number of hydrogen-bond donors (Lipinski definition) is 0. The van der Waals surface area contributed by atoms with Gasteiger partial charge in [0.2, 0.25) is 5.91 Å². The van der Waals surface area contributed by atoms with Gasteiger partial charge in [-0.3, -0.25) is 14.6 Å². The van der Waals surface area contributed by atoms with E-state index >= 15 is 0 Å². The monoisotopic (exact) mass is 768 g/mol. The number of piperidine rings is 1. The Morgan fingerprint density at radius 1 is 0.904 bits per heavy atom. The SMILES string of the molecule is COC(=O)N(C)CC12CN(S(=O)(=O)c3cc4cc(Cl)ccc4n3S(=O)(=O)c3ccccc3)CC(=O)N1CC1(CCN(Cc3ccccc3)CC1)N2C. The molecule has 1 spiro atoms. The van der Waals surface area contributed by atoms with E-state index in [9.17, 15) is 26.4 Å². The van der Waals surface area contributed by atoms with Gasteiger partial charge in [-0.15, -0.1) is 0 Å². The van der Waals surface area contributed by atoms with Crippen molar-refractivity contribution in [2.24, 2.45) is 0 Å². The highest BCUT2D eigenvalue weighted by Crippen LogP contribution is 2.46. The van der Waals surface area contributed by atoms with E-state index in [-0.39, 0.29) is 23.5 Å². The number of fused-ring (bicyclic) bond motifs is 2. The molecule has 7 rings (SSSR count). The van der Waals surface area contributed by atoms with E-state index in [0.717, 1.165) is 27.9 Å². The summed E-state index contributed by atoms with van der Waals surface area (Å²) in [6, 6.07) is 23.5. The lowest BCUT2D eigenvalue weighted by atomic mass is 9.86. The summed E-state index contributed by atoms with van der Waals surface area (Å²) in [4.78, 5) is 34.5. The van der Waals surface area contributed by atoms with Crippen LogP contribution < -0.4 is 0 Å². The third kappa shape index (κ3) is 6.06. The summed E-state index contributed by atoms with van der Waals surface area (Å²) in [5.41, 5.74) is -0.458. The van der Waals surface area contributed by atoms with Crippen molar-refractivity contribution in [2.75, 3.05) is 60.5 Å². The van der Waals surface area contributed by atoms with Crippen LogP contribution in [0.4, 0.5) is 4.79 Å². The number of amides is 2. The number of methoxy groups -OCH3 is 1. The maximum Gasteiger partial charge on any atom is 0.409 e. The molecule has 4 heterocycles. The smallest absolute Gasteiger partial charge is 0.409 e. The van der Waals surface area contributed by atoms with E-state index in [0.29, 0.717) is 29.8 Å². The van der Waals surface area contributed by atoms with Gasteiger partial charge in [-0.1, -0.05) is 60.1 Å². The summed E-state index contributed by atoms with van der Waals surface area (Å²) >= 11 is 6.28. The van der Waals surface area contributed by atoms with E-state index in [1.54, 1.807) is 30.1 Å². The van der Waals surface area contributed by atoms with Gasteiger partial charge in [0.1, 0.15) is 5.66 Å². The first-order valence-electron chi connectivity index (χ1n) is 16.9. The molecule has 3 aromatic carbocycles. The quantitative estimate of drug-likeness (QED) is 0.263. The summed E-state index contributed by atoms with van der Waals surface area (Å²) < 4.78 is 65.1. The largest absolute Gasteiger partial charge is 0.453 e. The number of nitrogens with zero attached hydrogens (tertiary/aromatic N) is 6. The Labute approximate surface area is 309 Å². The Kier molecular flexibility index (Phi) is 9.41. The highest BCUT2D eigenvalue weighted by Gasteiger charge is 2.63. The number of likely N-dealkylation sites (N-methyl/N-ethyl adjacent to an activating group) is 2. The molecule has 0 aliphatic carbocycles. The lowest BCUT2D eigenvalue weighted by Crippen LogP contribution is -2.71. The highest BCUT2D eigenvalue weighted by molar-refractivity contribution is 7.92. The minimum absolute atomic E-state index is 0.0513. The minimum Gasteiger partial charge on any atom is -0.453 e. The van der Waals surface area contributed by atoms with Crippen LogP contribution in [0.5, 0.6) is 0 Å². The van der Waals surface area contributed by atoms with E-state index in [1.807, 2.05) is 25.2 Å². The first kappa shape index (κ1) is 36.4. The summed E-state index contributed by atoms with van der Waals surface area (Å²) in [6.45, 7) is 1.87. The summed E-state index contributed by atoms with van der Waals surface area (Å²) in [5, 5.41) is 0.0813. The number of halogens is 1. The minimum atomic E-state index is -4.68. The van der Waals surface area contributed by atoms with Crippen LogP contribution in [-0.2, 0) is 36.1 Å². The van der Waals surface area contributed by atoms with Gasteiger partial charge in [0.25, 0.3) is 20.0 Å². The molecule has 0 N–H and O–H groups in total. The molecule has 3 saturated heterocycles. The molecule has 0 saturated carbocycles. The van der Waals surface area contributed by atoms with Crippen molar-refractivity contribution in [3.05, 3.63) is 95.5 Å². The molecule has 1 aromatic heterocycles. The van der Waals surface area contributed by atoms with Crippen LogP contribution in [0.2, 0.25) is 5.02 Å². The Hall–Kier alpha value is -3.99. The summed E-state index contributed by atoms with van der Waals surface area (Å²) in [6.07, 6.45) is 0.779. The molecular weight excluding hydrogens is 728 g/mol. The Morgan fingerprint density at radius 2 is 1.56 bits per heavy atom. The van der Waals surface area contributed by atoms with Crippen LogP contribution in [0.15, 0.2) is 94.9 Å². The maximum absolute atomic E-state index is 14.9. The zero-order valence-corrected chi connectivity index (χ0v) is 31.6. The number of likely N-dealkylation sites (tertiary alicyclic amines) is 1. The third-order valence-electron chi connectivity index (χ3n) is 10.9. The van der Waals surface area contributed by atoms with Crippen molar-refractivity contribution < 1.29 is 31.2 Å². The average Bonchev–Trinajstić information content (AvgIpc) is 3.64. The predicted octanol–water partition coefficient (Wildman–Crippen LogP) is 3.74. The average molecular weight is 769 g/mol. The Balaban J connectivity index is 1.28. The normalized spacial score (nSPS) is 21.5. The van der Waals surface area contributed by atoms with E-state index in [4.69, 9.17) is 16.3 Å². The fraction of sp³-hybridized carbons (Fsp3) is 0.389. The van der Waals surface area contributed by atoms with Crippen molar-refractivity contribution in [1.82, 2.24) is 27.9 Å². The molecule has 0 radical (unpaired) electrons. The molecular formula is C36H41ClN6O7S2. The number of ether oxygens (including phenoxy) is 1. The highest BCUT2D eigenvalue weighted by atomic mass is 35.5. The second-order valence-corrected chi connectivity index (χ2v) is 18.0. The first-order chi connectivity index (χ1) is 24.7. The van der Waals surface area contributed by atoms with Crippen LogP contribution in [0.25, 0.3) is 10.9 Å². The van der Waals surface area contributed by atoms with Gasteiger partial charge < -0.3 is 14.5 Å². The fourth-order valence-electron chi connectivity index (χ4n) is 8.12. The number of carbonyl (C=O) groups is 2. The molecule has 3 fully saturated rings. The second-order valence-electron chi connectivity index (χ2n) is 13.9. The molecule has 52 heavy (non-hydrogen) atoms. The number of piperazine rings is 1. The summed E-state index contributed by atoms with van der Waals surface area (Å²) in [5.74, 6) is -0.444. The third-order valence-corrected chi connectivity index (χ3v) is 14.8. The van der Waals surface area contributed by atoms with Crippen molar-refractivity contribution in [1.29, 1.82) is 0 Å². The molecule has 1 unspecified atom stereocenters. The lowest BCUT2D eigenvalue weighted by molar-refractivity contribution is -0.148. The molecule has 1 atom stereocenters. The standard InChI is InChI=1S/C36H41ClN6O7S2/c1-38(34(45)50-3)25-36-26-41(23-32(44)42(36)24-35(39(36)2)16-18-40(19-17-35)22-27-10-6-4-7-11-27)52(48,49)33-21-28-20-29(37)14-15-31(28)43(33)51(46,47)30-12-8-5-9-13-30/h4-15,20-21H,16-19,22-26H2,1-3H3. The van der Waals surface area contributed by atoms with Crippen LogP contribution in [0.3, 0.4) is 0 Å². The molecule has 2 amide bonds. The van der Waals surface area contributed by atoms with Crippen molar-refractivity contribution >= 4 is 54.6 Å². The molecule has 4 aromatic rings. The number of benzene rings is 3. The van der Waals surface area contributed by atoms with Gasteiger partial charge in [-0.2, -0.15) is 4.31 Å². The molecule has 276 valence electrons. The Morgan fingerprint density at radius 3 is 2.21 bits per heavy atom. The second kappa shape index (κ2) is 13.5. The predicted molar refractivity (Wildman–Crippen MR) is 196 cm³/mol. The first-order valence-corrected chi connectivity index (χ1v) is 20.2. The van der Waals surface area contributed by atoms with Crippen molar-refractivity contribution in [2.45, 2.75) is 40.5 Å². The fourth-order valence-corrected chi connectivity index (χ4v) is 11.8. The van der Waals surface area contributed by atoms with Crippen molar-refractivity contribution in [3.63, 3.8) is 0 Å². The van der Waals surface area contributed by atoms with E-state index in [2.05, 4.69) is 21.9 Å². The number of aromatic nitrogens is 1. The van der Waals surface area contributed by atoms with E-state index in [1.165, 1.54) is 54.0 Å². The van der Waals surface area contributed by atoms with Crippen LogP contribution in [0, 0.1) is 0 Å². The lowest BCUT2D eigenvalue weighted by Gasteiger charge is -2.52. The number of sulfonamides is 1. The van der Waals surface area contributed by atoms with Crippen molar-refractivity contribution in [3.8, 4) is 0 Å². The van der Waals surface area contributed by atoms with Gasteiger partial charge in [-0.25, -0.2) is 25.6 Å². The maximum atomic E-state index is 14.9. The molecule has 13 nitrogen and oxygen atoms in total. The van der Waals surface area contributed by atoms with Gasteiger partial charge >= 0.3 is 6.09 Å². The number of rotatable bonds is 8.